The summed E-state index contributed by atoms with van der Waals surface area (Å²) >= 11 is 4.00. The Labute approximate surface area is 122 Å². The van der Waals surface area contributed by atoms with E-state index in [9.17, 15) is 18.0 Å². The van der Waals surface area contributed by atoms with Crippen LogP contribution in [0.15, 0.2) is 0 Å². The summed E-state index contributed by atoms with van der Waals surface area (Å²) in [6.07, 6.45) is -1.51. The van der Waals surface area contributed by atoms with Crippen molar-refractivity contribution in [3.8, 4) is 0 Å². The number of likely N-dealkylation sites (tertiary alicyclic amines) is 1. The van der Waals surface area contributed by atoms with Gasteiger partial charge in [-0.25, -0.2) is 0 Å². The Balaban J connectivity index is 1.66. The van der Waals surface area contributed by atoms with Gasteiger partial charge in [0.05, 0.1) is 5.92 Å². The molecule has 1 heterocycles. The van der Waals surface area contributed by atoms with Crippen LogP contribution in [-0.4, -0.2) is 47.9 Å². The largest absolute Gasteiger partial charge is 0.391 e. The third-order valence-corrected chi connectivity index (χ3v) is 4.55. The summed E-state index contributed by atoms with van der Waals surface area (Å²) in [6.45, 7) is 1.04. The fourth-order valence-corrected chi connectivity index (χ4v) is 3.20. The highest BCUT2D eigenvalue weighted by Gasteiger charge is 2.43. The Bertz CT molecular complexity index is 337. The van der Waals surface area contributed by atoms with E-state index in [1.54, 1.807) is 0 Å². The quantitative estimate of drug-likeness (QED) is 0.781. The highest BCUT2D eigenvalue weighted by Crippen LogP contribution is 2.36. The molecule has 0 bridgehead atoms. The molecule has 0 atom stereocenters. The summed E-state index contributed by atoms with van der Waals surface area (Å²) < 4.78 is 37.7. The van der Waals surface area contributed by atoms with Crippen molar-refractivity contribution in [2.45, 2.75) is 50.4 Å². The molecule has 2 fully saturated rings. The summed E-state index contributed by atoms with van der Waals surface area (Å²) in [5, 5.41) is 2.92. The van der Waals surface area contributed by atoms with Crippen molar-refractivity contribution in [2.24, 2.45) is 5.92 Å². The van der Waals surface area contributed by atoms with E-state index in [4.69, 9.17) is 0 Å². The van der Waals surface area contributed by atoms with Gasteiger partial charge >= 0.3 is 6.18 Å². The fraction of sp³-hybridized carbons (Fsp3) is 0.923. The van der Waals surface area contributed by atoms with Crippen LogP contribution < -0.4 is 5.32 Å². The van der Waals surface area contributed by atoms with Crippen molar-refractivity contribution >= 4 is 18.5 Å². The normalized spacial score (nSPS) is 29.0. The molecule has 1 saturated carbocycles. The molecule has 0 aromatic heterocycles. The summed E-state index contributed by atoms with van der Waals surface area (Å²) in [5.41, 5.74) is 0. The van der Waals surface area contributed by atoms with Crippen LogP contribution in [-0.2, 0) is 4.79 Å². The number of nitrogens with one attached hydrogen (secondary N) is 1. The van der Waals surface area contributed by atoms with Crippen LogP contribution in [0.4, 0.5) is 13.2 Å². The van der Waals surface area contributed by atoms with E-state index in [0.29, 0.717) is 31.3 Å². The van der Waals surface area contributed by atoms with Crippen LogP contribution in [0.25, 0.3) is 0 Å². The highest BCUT2D eigenvalue weighted by molar-refractivity contribution is 7.80. The minimum atomic E-state index is -4.05. The zero-order valence-corrected chi connectivity index (χ0v) is 12.2. The van der Waals surface area contributed by atoms with Gasteiger partial charge in [-0.2, -0.15) is 25.8 Å². The van der Waals surface area contributed by atoms with E-state index >= 15 is 0 Å². The number of carbonyl (C=O) groups is 1. The van der Waals surface area contributed by atoms with Gasteiger partial charge in [-0.1, -0.05) is 0 Å². The average molecular weight is 310 g/mol. The maximum absolute atomic E-state index is 12.6. The van der Waals surface area contributed by atoms with Crippen LogP contribution in [0, 0.1) is 5.92 Å². The molecular formula is C13H21F3N2OS. The van der Waals surface area contributed by atoms with E-state index in [1.165, 1.54) is 0 Å². The first-order valence-corrected chi connectivity index (χ1v) is 7.74. The molecule has 1 aliphatic carbocycles. The lowest BCUT2D eigenvalue weighted by atomic mass is 9.83. The maximum Gasteiger partial charge on any atom is 0.391 e. The van der Waals surface area contributed by atoms with E-state index in [2.05, 4.69) is 22.8 Å². The van der Waals surface area contributed by atoms with Gasteiger partial charge in [0.15, 0.2) is 0 Å². The van der Waals surface area contributed by atoms with Gasteiger partial charge < -0.3 is 10.2 Å². The number of halogens is 3. The predicted molar refractivity (Wildman–Crippen MR) is 73.8 cm³/mol. The predicted octanol–water partition coefficient (Wildman–Crippen LogP) is 2.23. The summed E-state index contributed by atoms with van der Waals surface area (Å²) in [7, 11) is 0. The topological polar surface area (TPSA) is 32.3 Å². The maximum atomic E-state index is 12.6. The van der Waals surface area contributed by atoms with Crippen LogP contribution in [0.2, 0.25) is 0 Å². The molecule has 20 heavy (non-hydrogen) atoms. The monoisotopic (exact) mass is 310 g/mol. The zero-order chi connectivity index (χ0) is 14.8. The molecule has 116 valence electrons. The average Bonchev–Trinajstić information content (AvgIpc) is 2.33. The number of hydrogen-bond donors (Lipinski definition) is 2. The number of nitrogens with zero attached hydrogens (tertiary/aromatic N) is 1. The second-order valence-electron chi connectivity index (χ2n) is 5.72. The smallest absolute Gasteiger partial charge is 0.353 e. The Morgan fingerprint density at radius 2 is 1.85 bits per heavy atom. The molecule has 0 aromatic rings. The van der Waals surface area contributed by atoms with Gasteiger partial charge in [-0.15, -0.1) is 0 Å². The number of alkyl halides is 3. The molecular weight excluding hydrogens is 289 g/mol. The highest BCUT2D eigenvalue weighted by atomic mass is 32.1. The van der Waals surface area contributed by atoms with Crippen LogP contribution >= 0.6 is 12.6 Å². The molecule has 1 aliphatic heterocycles. The standard InChI is InChI=1S/C13H21F3N2OS/c14-13(15,16)9-1-4-18(5-2-9)11-7-10(8-11)17-12(19)3-6-20/h9-11,20H,1-8H2,(H,17,19). The van der Waals surface area contributed by atoms with Gasteiger partial charge in [0.2, 0.25) is 5.91 Å². The van der Waals surface area contributed by atoms with E-state index in [0.717, 1.165) is 12.8 Å². The van der Waals surface area contributed by atoms with Gasteiger partial charge in [-0.05, 0) is 44.5 Å². The zero-order valence-electron chi connectivity index (χ0n) is 11.3. The lowest BCUT2D eigenvalue weighted by molar-refractivity contribution is -0.187. The molecule has 7 heteroatoms. The Kier molecular flexibility index (Phi) is 5.23. The number of piperidine rings is 1. The minimum absolute atomic E-state index is 0.0132. The van der Waals surface area contributed by atoms with Crippen molar-refractivity contribution in [3.63, 3.8) is 0 Å². The molecule has 2 rings (SSSR count). The first kappa shape index (κ1) is 15.9. The summed E-state index contributed by atoms with van der Waals surface area (Å²) in [6, 6.07) is 0.526. The van der Waals surface area contributed by atoms with Crippen molar-refractivity contribution in [1.82, 2.24) is 10.2 Å². The van der Waals surface area contributed by atoms with Gasteiger partial charge in [-0.3, -0.25) is 4.79 Å². The second-order valence-corrected chi connectivity index (χ2v) is 6.16. The van der Waals surface area contributed by atoms with Crippen molar-refractivity contribution in [1.29, 1.82) is 0 Å². The first-order valence-electron chi connectivity index (χ1n) is 7.11. The molecule has 2 aliphatic rings. The van der Waals surface area contributed by atoms with E-state index in [-0.39, 0.29) is 24.8 Å². The lowest BCUT2D eigenvalue weighted by Gasteiger charge is -2.46. The lowest BCUT2D eigenvalue weighted by Crippen LogP contribution is -2.56. The first-order chi connectivity index (χ1) is 9.40. The molecule has 0 unspecified atom stereocenters. The van der Waals surface area contributed by atoms with Gasteiger partial charge in [0.1, 0.15) is 0 Å². The third-order valence-electron chi connectivity index (χ3n) is 4.33. The number of thiol groups is 1. The summed E-state index contributed by atoms with van der Waals surface area (Å²) in [4.78, 5) is 13.5. The van der Waals surface area contributed by atoms with Crippen LogP contribution in [0.1, 0.15) is 32.1 Å². The van der Waals surface area contributed by atoms with E-state index in [1.807, 2.05) is 0 Å². The van der Waals surface area contributed by atoms with Crippen molar-refractivity contribution in [2.75, 3.05) is 18.8 Å². The van der Waals surface area contributed by atoms with Crippen LogP contribution in [0.3, 0.4) is 0 Å². The fourth-order valence-electron chi connectivity index (χ4n) is 3.00. The number of amides is 1. The van der Waals surface area contributed by atoms with E-state index < -0.39 is 12.1 Å². The second kappa shape index (κ2) is 6.56. The molecule has 0 aromatic carbocycles. The number of hydrogen-bond acceptors (Lipinski definition) is 3. The van der Waals surface area contributed by atoms with Crippen LogP contribution in [0.5, 0.6) is 0 Å². The van der Waals surface area contributed by atoms with Crippen molar-refractivity contribution in [3.05, 3.63) is 0 Å². The molecule has 0 spiro atoms. The molecule has 1 amide bonds. The molecule has 3 nitrogen and oxygen atoms in total. The Hall–Kier alpha value is -0.430. The Morgan fingerprint density at radius 3 is 2.35 bits per heavy atom. The third kappa shape index (κ3) is 4.04. The Morgan fingerprint density at radius 1 is 1.25 bits per heavy atom. The summed E-state index contributed by atoms with van der Waals surface area (Å²) in [5.74, 6) is -0.587. The molecule has 1 N–H and O–H groups in total. The number of rotatable bonds is 4. The molecule has 0 radical (unpaired) electrons. The van der Waals surface area contributed by atoms with Gasteiger partial charge in [0, 0.05) is 18.5 Å². The SMILES string of the molecule is O=C(CCS)NC1CC(N2CCC(C(F)(F)F)CC2)C1. The van der Waals surface area contributed by atoms with Crippen molar-refractivity contribution < 1.29 is 18.0 Å². The number of carbonyl (C=O) groups excluding carboxylic acids is 1. The molecule has 1 saturated heterocycles. The van der Waals surface area contributed by atoms with Gasteiger partial charge in [0.25, 0.3) is 0 Å². The minimum Gasteiger partial charge on any atom is -0.353 e.